The van der Waals surface area contributed by atoms with Crippen LogP contribution in [0.1, 0.15) is 5.56 Å². The molecule has 0 unspecified atom stereocenters. The van der Waals surface area contributed by atoms with E-state index >= 15 is 0 Å². The van der Waals surface area contributed by atoms with Crippen LogP contribution in [0.15, 0.2) is 36.4 Å². The molecule has 0 saturated heterocycles. The van der Waals surface area contributed by atoms with Crippen molar-refractivity contribution in [3.8, 4) is 5.75 Å². The van der Waals surface area contributed by atoms with Gasteiger partial charge in [0.25, 0.3) is 5.91 Å². The first-order valence-electron chi connectivity index (χ1n) is 6.82. The van der Waals surface area contributed by atoms with Crippen LogP contribution in [0.3, 0.4) is 0 Å². The second-order valence-corrected chi connectivity index (χ2v) is 5.46. The summed E-state index contributed by atoms with van der Waals surface area (Å²) in [6.45, 7) is -0.185. The maximum Gasteiger partial charge on any atom is 0.262 e. The van der Waals surface area contributed by atoms with Gasteiger partial charge in [-0.2, -0.15) is 0 Å². The SMILES string of the molecule is O=C1COc2c(cc(F)cc2NC(=O)Cc2cccc(Cl)c2)N1. The number of carbonyl (C=O) groups is 2. The topological polar surface area (TPSA) is 67.4 Å². The van der Waals surface area contributed by atoms with Crippen molar-refractivity contribution in [3.05, 3.63) is 52.8 Å². The first-order chi connectivity index (χ1) is 11.0. The van der Waals surface area contributed by atoms with Crippen LogP contribution in [-0.2, 0) is 16.0 Å². The van der Waals surface area contributed by atoms with E-state index in [0.29, 0.717) is 5.02 Å². The zero-order chi connectivity index (χ0) is 16.4. The van der Waals surface area contributed by atoms with E-state index < -0.39 is 5.82 Å². The Morgan fingerprint density at radius 2 is 2.17 bits per heavy atom. The maximum absolute atomic E-state index is 13.6. The summed E-state index contributed by atoms with van der Waals surface area (Å²) >= 11 is 5.88. The quantitative estimate of drug-likeness (QED) is 0.906. The molecule has 7 heteroatoms. The van der Waals surface area contributed by atoms with Crippen molar-refractivity contribution in [2.75, 3.05) is 17.2 Å². The molecule has 0 bridgehead atoms. The average molecular weight is 335 g/mol. The summed E-state index contributed by atoms with van der Waals surface area (Å²) in [5.74, 6) is -1.07. The molecule has 2 aromatic rings. The van der Waals surface area contributed by atoms with Crippen LogP contribution in [0, 0.1) is 5.82 Å². The van der Waals surface area contributed by atoms with E-state index in [1.54, 1.807) is 24.3 Å². The summed E-state index contributed by atoms with van der Waals surface area (Å²) in [6.07, 6.45) is 0.0816. The van der Waals surface area contributed by atoms with Gasteiger partial charge in [0.05, 0.1) is 17.8 Å². The Labute approximate surface area is 136 Å². The minimum Gasteiger partial charge on any atom is -0.479 e. The van der Waals surface area contributed by atoms with E-state index in [0.717, 1.165) is 17.7 Å². The number of benzene rings is 2. The average Bonchev–Trinajstić information content (AvgIpc) is 2.46. The minimum atomic E-state index is -0.590. The van der Waals surface area contributed by atoms with Crippen LogP contribution in [0.2, 0.25) is 5.02 Å². The van der Waals surface area contributed by atoms with Gasteiger partial charge in [-0.3, -0.25) is 9.59 Å². The van der Waals surface area contributed by atoms with Gasteiger partial charge in [-0.05, 0) is 17.7 Å². The zero-order valence-electron chi connectivity index (χ0n) is 11.9. The fraction of sp³-hybridized carbons (Fsp3) is 0.125. The van der Waals surface area contributed by atoms with Crippen molar-refractivity contribution < 1.29 is 18.7 Å². The molecule has 2 N–H and O–H groups in total. The van der Waals surface area contributed by atoms with Gasteiger partial charge in [0.15, 0.2) is 12.4 Å². The molecule has 0 radical (unpaired) electrons. The van der Waals surface area contributed by atoms with E-state index in [1.165, 1.54) is 0 Å². The molecule has 0 spiro atoms. The molecule has 0 aromatic heterocycles. The van der Waals surface area contributed by atoms with Crippen LogP contribution in [0.4, 0.5) is 15.8 Å². The monoisotopic (exact) mass is 334 g/mol. The number of halogens is 2. The smallest absolute Gasteiger partial charge is 0.262 e. The van der Waals surface area contributed by atoms with Crippen molar-refractivity contribution in [2.24, 2.45) is 0 Å². The third-order valence-corrected chi connectivity index (χ3v) is 3.44. The number of rotatable bonds is 3. The number of nitrogens with one attached hydrogen (secondary N) is 2. The maximum atomic E-state index is 13.6. The predicted octanol–water partition coefficient (Wildman–Crippen LogP) is 2.99. The minimum absolute atomic E-state index is 0.0816. The Balaban J connectivity index is 1.80. The third-order valence-electron chi connectivity index (χ3n) is 3.20. The zero-order valence-corrected chi connectivity index (χ0v) is 12.6. The van der Waals surface area contributed by atoms with Crippen molar-refractivity contribution in [2.45, 2.75) is 6.42 Å². The second-order valence-electron chi connectivity index (χ2n) is 5.02. The number of anilines is 2. The summed E-state index contributed by atoms with van der Waals surface area (Å²) < 4.78 is 18.9. The summed E-state index contributed by atoms with van der Waals surface area (Å²) in [7, 11) is 0. The Bertz CT molecular complexity index is 795. The van der Waals surface area contributed by atoms with E-state index in [1.807, 2.05) is 0 Å². The van der Waals surface area contributed by atoms with Crippen LogP contribution in [0.25, 0.3) is 0 Å². The Kier molecular flexibility index (Phi) is 4.16. The summed E-state index contributed by atoms with van der Waals surface area (Å²) in [6, 6.07) is 9.18. The Hall–Kier alpha value is -2.60. The molecule has 2 aromatic carbocycles. The number of carbonyl (C=O) groups excluding carboxylic acids is 2. The molecule has 5 nitrogen and oxygen atoms in total. The molecule has 1 aliphatic rings. The van der Waals surface area contributed by atoms with Crippen LogP contribution in [0.5, 0.6) is 5.75 Å². The highest BCUT2D eigenvalue weighted by atomic mass is 35.5. The largest absolute Gasteiger partial charge is 0.479 e. The van der Waals surface area contributed by atoms with Gasteiger partial charge in [0.1, 0.15) is 5.82 Å². The van der Waals surface area contributed by atoms with Gasteiger partial charge in [-0.1, -0.05) is 23.7 Å². The molecule has 1 heterocycles. The van der Waals surface area contributed by atoms with Crippen molar-refractivity contribution in [1.82, 2.24) is 0 Å². The lowest BCUT2D eigenvalue weighted by Crippen LogP contribution is -2.26. The standard InChI is InChI=1S/C16H12ClFN2O3/c17-10-3-1-2-9(4-10)5-14(21)19-12-6-11(18)7-13-16(12)23-8-15(22)20-13/h1-4,6-7H,5,8H2,(H,19,21)(H,20,22). The normalized spacial score (nSPS) is 12.9. The lowest BCUT2D eigenvalue weighted by Gasteiger charge is -2.21. The van der Waals surface area contributed by atoms with Crippen LogP contribution in [-0.4, -0.2) is 18.4 Å². The van der Waals surface area contributed by atoms with Gasteiger partial charge in [-0.15, -0.1) is 0 Å². The summed E-state index contributed by atoms with van der Waals surface area (Å²) in [5.41, 5.74) is 1.10. The molecule has 0 fully saturated rings. The molecule has 2 amide bonds. The number of fused-ring (bicyclic) bond motifs is 1. The highest BCUT2D eigenvalue weighted by Crippen LogP contribution is 2.36. The molecule has 1 aliphatic heterocycles. The third kappa shape index (κ3) is 3.60. The van der Waals surface area contributed by atoms with Crippen molar-refractivity contribution in [3.63, 3.8) is 0 Å². The number of amides is 2. The van der Waals surface area contributed by atoms with Crippen molar-refractivity contribution >= 4 is 34.8 Å². The number of hydrogen-bond donors (Lipinski definition) is 2. The van der Waals surface area contributed by atoms with E-state index in [-0.39, 0.29) is 42.0 Å². The molecular weight excluding hydrogens is 323 g/mol. The van der Waals surface area contributed by atoms with Crippen LogP contribution < -0.4 is 15.4 Å². The lowest BCUT2D eigenvalue weighted by atomic mass is 10.1. The fourth-order valence-corrected chi connectivity index (χ4v) is 2.50. The highest BCUT2D eigenvalue weighted by molar-refractivity contribution is 6.30. The first kappa shape index (κ1) is 15.3. The Morgan fingerprint density at radius 3 is 2.96 bits per heavy atom. The number of hydrogen-bond acceptors (Lipinski definition) is 3. The Morgan fingerprint density at radius 1 is 1.35 bits per heavy atom. The molecule has 0 atom stereocenters. The van der Waals surface area contributed by atoms with Gasteiger partial charge >= 0.3 is 0 Å². The lowest BCUT2D eigenvalue weighted by molar-refractivity contribution is -0.118. The molecule has 118 valence electrons. The molecule has 0 aliphatic carbocycles. The van der Waals surface area contributed by atoms with Gasteiger partial charge in [-0.25, -0.2) is 4.39 Å². The fourth-order valence-electron chi connectivity index (χ4n) is 2.29. The first-order valence-corrected chi connectivity index (χ1v) is 7.19. The van der Waals surface area contributed by atoms with E-state index in [9.17, 15) is 14.0 Å². The van der Waals surface area contributed by atoms with E-state index in [2.05, 4.69) is 10.6 Å². The highest BCUT2D eigenvalue weighted by Gasteiger charge is 2.21. The summed E-state index contributed by atoms with van der Waals surface area (Å²) in [5, 5.41) is 5.63. The van der Waals surface area contributed by atoms with Crippen molar-refractivity contribution in [1.29, 1.82) is 0 Å². The summed E-state index contributed by atoms with van der Waals surface area (Å²) in [4.78, 5) is 23.4. The molecular formula is C16H12ClFN2O3. The van der Waals surface area contributed by atoms with Gasteiger partial charge in [0, 0.05) is 17.2 Å². The predicted molar refractivity (Wildman–Crippen MR) is 84.3 cm³/mol. The van der Waals surface area contributed by atoms with E-state index in [4.69, 9.17) is 16.3 Å². The molecule has 23 heavy (non-hydrogen) atoms. The van der Waals surface area contributed by atoms with Gasteiger partial charge in [0.2, 0.25) is 5.91 Å². The van der Waals surface area contributed by atoms with Gasteiger partial charge < -0.3 is 15.4 Å². The second kappa shape index (κ2) is 6.26. The van der Waals surface area contributed by atoms with Crippen LogP contribution >= 0.6 is 11.6 Å². The molecule has 0 saturated carbocycles. The number of ether oxygens (including phenoxy) is 1. The molecule has 3 rings (SSSR count).